The Morgan fingerprint density at radius 3 is 2.56 bits per heavy atom. The number of benzene rings is 2. The van der Waals surface area contributed by atoms with Crippen LogP contribution < -0.4 is 14.8 Å². The maximum atomic E-state index is 13.4. The monoisotopic (exact) mass is 476 g/mol. The molecule has 34 heavy (non-hydrogen) atoms. The van der Waals surface area contributed by atoms with Gasteiger partial charge in [-0.1, -0.05) is 18.2 Å². The summed E-state index contributed by atoms with van der Waals surface area (Å²) in [6.45, 7) is 5.29. The Hall–Kier alpha value is -3.11. The van der Waals surface area contributed by atoms with Crippen molar-refractivity contribution in [3.8, 4) is 11.5 Å². The molecule has 2 aromatic carbocycles. The van der Waals surface area contributed by atoms with E-state index in [-0.39, 0.29) is 17.4 Å². The first-order valence-corrected chi connectivity index (χ1v) is 11.1. The molecule has 0 saturated carbocycles. The predicted octanol–water partition coefficient (Wildman–Crippen LogP) is 4.54. The summed E-state index contributed by atoms with van der Waals surface area (Å²) in [6.07, 6.45) is -4.65. The summed E-state index contributed by atoms with van der Waals surface area (Å²) in [5.41, 5.74) is 1.18. The molecule has 0 aliphatic carbocycles. The van der Waals surface area contributed by atoms with Crippen LogP contribution in [0.2, 0.25) is 0 Å². The quantitative estimate of drug-likeness (QED) is 0.512. The van der Waals surface area contributed by atoms with Gasteiger partial charge in [0.2, 0.25) is 5.82 Å². The largest absolute Gasteiger partial charge is 0.493 e. The van der Waals surface area contributed by atoms with E-state index in [9.17, 15) is 13.2 Å². The summed E-state index contributed by atoms with van der Waals surface area (Å²) in [6, 6.07) is 12.2. The van der Waals surface area contributed by atoms with E-state index in [1.165, 1.54) is 0 Å². The molecule has 1 N–H and O–H groups in total. The fourth-order valence-corrected chi connectivity index (χ4v) is 4.04. The van der Waals surface area contributed by atoms with Crippen molar-refractivity contribution in [2.24, 2.45) is 0 Å². The highest BCUT2D eigenvalue weighted by atomic mass is 19.4. The van der Waals surface area contributed by atoms with Gasteiger partial charge in [-0.15, -0.1) is 0 Å². The van der Waals surface area contributed by atoms with E-state index in [0.29, 0.717) is 56.3 Å². The third-order valence-corrected chi connectivity index (χ3v) is 5.68. The van der Waals surface area contributed by atoms with Crippen molar-refractivity contribution in [1.82, 2.24) is 14.9 Å². The number of para-hydroxylation sites is 1. The van der Waals surface area contributed by atoms with Crippen molar-refractivity contribution >= 4 is 16.7 Å². The minimum Gasteiger partial charge on any atom is -0.493 e. The Morgan fingerprint density at radius 1 is 1.09 bits per heavy atom. The lowest BCUT2D eigenvalue weighted by Gasteiger charge is -2.35. The van der Waals surface area contributed by atoms with Crippen molar-refractivity contribution in [3.05, 3.63) is 53.9 Å². The van der Waals surface area contributed by atoms with Gasteiger partial charge >= 0.3 is 6.18 Å². The van der Waals surface area contributed by atoms with E-state index in [2.05, 4.69) is 20.2 Å². The Balaban J connectivity index is 1.68. The number of hydrogen-bond acceptors (Lipinski definition) is 7. The van der Waals surface area contributed by atoms with Crippen LogP contribution in [0, 0.1) is 0 Å². The van der Waals surface area contributed by atoms with Crippen LogP contribution in [0.4, 0.5) is 19.0 Å². The summed E-state index contributed by atoms with van der Waals surface area (Å²) in [5, 5.41) is 3.70. The average Bonchev–Trinajstić information content (AvgIpc) is 2.85. The number of morpholine rings is 1. The van der Waals surface area contributed by atoms with Crippen LogP contribution in [0.5, 0.6) is 11.5 Å². The second kappa shape index (κ2) is 10.4. The number of nitrogens with zero attached hydrogens (tertiary/aromatic N) is 3. The smallest absolute Gasteiger partial charge is 0.451 e. The molecule has 1 saturated heterocycles. The van der Waals surface area contributed by atoms with Crippen molar-refractivity contribution in [1.29, 1.82) is 0 Å². The lowest BCUT2D eigenvalue weighted by atomic mass is 10.0. The topological polar surface area (TPSA) is 68.7 Å². The van der Waals surface area contributed by atoms with Crippen LogP contribution in [0.1, 0.15) is 24.4 Å². The fraction of sp³-hybridized carbons (Fsp3) is 0.417. The molecule has 3 aromatic rings. The maximum absolute atomic E-state index is 13.4. The van der Waals surface area contributed by atoms with E-state index >= 15 is 0 Å². The van der Waals surface area contributed by atoms with Crippen molar-refractivity contribution < 1.29 is 27.4 Å². The van der Waals surface area contributed by atoms with E-state index in [0.717, 1.165) is 5.56 Å². The summed E-state index contributed by atoms with van der Waals surface area (Å²) in [5.74, 6) is 0.219. The molecule has 2 heterocycles. The second-order valence-corrected chi connectivity index (χ2v) is 7.80. The van der Waals surface area contributed by atoms with Gasteiger partial charge in [-0.05, 0) is 36.8 Å². The van der Waals surface area contributed by atoms with E-state index in [1.807, 2.05) is 25.1 Å². The van der Waals surface area contributed by atoms with Crippen LogP contribution in [0.3, 0.4) is 0 Å². The molecule has 0 unspecified atom stereocenters. The zero-order valence-corrected chi connectivity index (χ0v) is 19.1. The van der Waals surface area contributed by atoms with Gasteiger partial charge in [0.1, 0.15) is 5.82 Å². The SMILES string of the molecule is CCOc1ccc([C@H](CNc2nc(C(F)(F)F)nc3ccccc23)N2CCOCC2)cc1OC. The number of fused-ring (bicyclic) bond motifs is 1. The highest BCUT2D eigenvalue weighted by molar-refractivity contribution is 5.89. The third-order valence-electron chi connectivity index (χ3n) is 5.68. The molecule has 1 aliphatic heterocycles. The molecule has 0 bridgehead atoms. The Kier molecular flexibility index (Phi) is 7.38. The Bertz CT molecular complexity index is 1120. The van der Waals surface area contributed by atoms with Crippen LogP contribution in [0.15, 0.2) is 42.5 Å². The van der Waals surface area contributed by atoms with Crippen molar-refractivity contribution in [2.75, 3.05) is 51.9 Å². The molecule has 1 fully saturated rings. The van der Waals surface area contributed by atoms with Gasteiger partial charge in [0.15, 0.2) is 11.5 Å². The molecule has 0 radical (unpaired) electrons. The van der Waals surface area contributed by atoms with Crippen LogP contribution >= 0.6 is 0 Å². The van der Waals surface area contributed by atoms with Crippen molar-refractivity contribution in [3.63, 3.8) is 0 Å². The Labute approximate surface area is 195 Å². The maximum Gasteiger partial charge on any atom is 0.451 e. The number of hydrogen-bond donors (Lipinski definition) is 1. The normalized spacial score (nSPS) is 15.8. The lowest BCUT2D eigenvalue weighted by Crippen LogP contribution is -2.41. The van der Waals surface area contributed by atoms with Gasteiger partial charge in [-0.2, -0.15) is 13.2 Å². The van der Waals surface area contributed by atoms with Crippen LogP contribution in [0.25, 0.3) is 10.9 Å². The zero-order chi connectivity index (χ0) is 24.1. The first-order chi connectivity index (χ1) is 16.4. The second-order valence-electron chi connectivity index (χ2n) is 7.80. The molecule has 4 rings (SSSR count). The van der Waals surface area contributed by atoms with Gasteiger partial charge in [0.25, 0.3) is 0 Å². The van der Waals surface area contributed by atoms with Gasteiger partial charge in [0.05, 0.1) is 38.5 Å². The molecule has 10 heteroatoms. The predicted molar refractivity (Wildman–Crippen MR) is 122 cm³/mol. The van der Waals surface area contributed by atoms with Crippen LogP contribution in [-0.4, -0.2) is 61.4 Å². The molecule has 1 aromatic heterocycles. The molecule has 1 aliphatic rings. The van der Waals surface area contributed by atoms with E-state index < -0.39 is 12.0 Å². The Morgan fingerprint density at radius 2 is 1.85 bits per heavy atom. The summed E-state index contributed by atoms with van der Waals surface area (Å²) < 4.78 is 57.0. The molecule has 1 atom stereocenters. The lowest BCUT2D eigenvalue weighted by molar-refractivity contribution is -0.144. The molecule has 182 valence electrons. The number of anilines is 1. The summed E-state index contributed by atoms with van der Waals surface area (Å²) in [4.78, 5) is 9.75. The summed E-state index contributed by atoms with van der Waals surface area (Å²) >= 11 is 0. The molecular weight excluding hydrogens is 449 g/mol. The third kappa shape index (κ3) is 5.34. The highest BCUT2D eigenvalue weighted by Gasteiger charge is 2.35. The van der Waals surface area contributed by atoms with Crippen molar-refractivity contribution in [2.45, 2.75) is 19.1 Å². The minimum absolute atomic E-state index is 0.147. The average molecular weight is 476 g/mol. The minimum atomic E-state index is -4.65. The fourth-order valence-electron chi connectivity index (χ4n) is 4.04. The van der Waals surface area contributed by atoms with Gasteiger partial charge in [-0.25, -0.2) is 9.97 Å². The van der Waals surface area contributed by atoms with E-state index in [4.69, 9.17) is 14.2 Å². The number of ether oxygens (including phenoxy) is 3. The van der Waals surface area contributed by atoms with E-state index in [1.54, 1.807) is 31.4 Å². The van der Waals surface area contributed by atoms with Crippen LogP contribution in [-0.2, 0) is 10.9 Å². The number of nitrogens with one attached hydrogen (secondary N) is 1. The first-order valence-electron chi connectivity index (χ1n) is 11.1. The van der Waals surface area contributed by atoms with Gasteiger partial charge < -0.3 is 19.5 Å². The molecular formula is C24H27F3N4O3. The molecule has 0 amide bonds. The number of methoxy groups -OCH3 is 1. The van der Waals surface area contributed by atoms with Gasteiger partial charge in [0, 0.05) is 25.0 Å². The van der Waals surface area contributed by atoms with Gasteiger partial charge in [-0.3, -0.25) is 4.90 Å². The number of aromatic nitrogens is 2. The molecule has 7 nitrogen and oxygen atoms in total. The molecule has 0 spiro atoms. The number of halogens is 3. The number of alkyl halides is 3. The standard InChI is InChI=1S/C24H27F3N4O3/c1-3-34-20-9-8-16(14-21(20)32-2)19(31-10-12-33-13-11-31)15-28-22-17-6-4-5-7-18(17)29-23(30-22)24(25,26)27/h4-9,14,19H,3,10-13,15H2,1-2H3,(H,28,29,30)/t19-/m0/s1. The number of rotatable bonds is 8. The summed E-state index contributed by atoms with van der Waals surface area (Å²) in [7, 11) is 1.58. The zero-order valence-electron chi connectivity index (χ0n) is 19.1. The highest BCUT2D eigenvalue weighted by Crippen LogP contribution is 2.34. The first kappa shape index (κ1) is 24.0.